The Bertz CT molecular complexity index is 950. The van der Waals surface area contributed by atoms with E-state index in [1.165, 1.54) is 24.4 Å². The van der Waals surface area contributed by atoms with Crippen LogP contribution in [0.1, 0.15) is 0 Å². The van der Waals surface area contributed by atoms with E-state index in [9.17, 15) is 23.2 Å². The molecule has 1 aliphatic heterocycles. The molecule has 28 heavy (non-hydrogen) atoms. The van der Waals surface area contributed by atoms with Crippen molar-refractivity contribution in [2.24, 2.45) is 10.9 Å². The quantitative estimate of drug-likeness (QED) is 0.625. The van der Waals surface area contributed by atoms with Crippen LogP contribution in [0.25, 0.3) is 11.3 Å². The van der Waals surface area contributed by atoms with Gasteiger partial charge in [-0.1, -0.05) is 17.8 Å². The number of amidine groups is 1. The summed E-state index contributed by atoms with van der Waals surface area (Å²) in [5, 5.41) is 14.5. The van der Waals surface area contributed by atoms with Crippen molar-refractivity contribution in [3.8, 4) is 17.0 Å². The largest absolute Gasteiger partial charge is 0.433 e. The molecule has 0 saturated heterocycles. The van der Waals surface area contributed by atoms with Crippen LogP contribution in [-0.4, -0.2) is 51.2 Å². The van der Waals surface area contributed by atoms with E-state index >= 15 is 0 Å². The van der Waals surface area contributed by atoms with Gasteiger partial charge in [-0.25, -0.2) is 0 Å². The van der Waals surface area contributed by atoms with E-state index in [0.717, 1.165) is 11.8 Å². The van der Waals surface area contributed by atoms with Crippen LogP contribution in [0.2, 0.25) is 0 Å². The second-order valence-corrected chi connectivity index (χ2v) is 6.11. The highest BCUT2D eigenvalue weighted by molar-refractivity contribution is 8.13. The summed E-state index contributed by atoms with van der Waals surface area (Å²) in [6, 6.07) is 3.96. The van der Waals surface area contributed by atoms with Gasteiger partial charge in [-0.2, -0.15) is 29.2 Å². The number of benzene rings is 1. The second-order valence-electron chi connectivity index (χ2n) is 5.32. The van der Waals surface area contributed by atoms with Crippen molar-refractivity contribution in [2.45, 2.75) is 6.61 Å². The number of nitrogens with zero attached hydrogens (tertiary/aromatic N) is 3. The topological polar surface area (TPSA) is 138 Å². The number of carbonyl (C=O) groups excluding carboxylic acids is 3. The minimum Gasteiger partial charge on any atom is -0.433 e. The Kier molecular flexibility index (Phi) is 5.63. The lowest BCUT2D eigenvalue weighted by Gasteiger charge is -2.19. The molecule has 0 spiro atoms. The Balaban J connectivity index is 1.86. The Morgan fingerprint density at radius 2 is 2.14 bits per heavy atom. The number of anilines is 1. The molecule has 0 fully saturated rings. The molecule has 1 unspecified atom stereocenters. The molecule has 0 radical (unpaired) electrons. The fourth-order valence-corrected chi connectivity index (χ4v) is 2.72. The number of nitrogens with one attached hydrogen (secondary N) is 3. The Labute approximate surface area is 160 Å². The standard InChI is InChI=1S/C15H12F2N6O4S/c1-28-15-20-12(25)10(13(26)21-15)11(24)19-7-3-2-6(8-5-18-23-22-8)4-9(7)27-14(16)17/h2-5,10,14H,1H3,(H,19,24)(H,18,22,23)(H,20,21,25,26). The van der Waals surface area contributed by atoms with Gasteiger partial charge in [-0.15, -0.1) is 0 Å². The fraction of sp³-hybridized carbons (Fsp3) is 0.200. The molecule has 2 aromatic rings. The zero-order valence-electron chi connectivity index (χ0n) is 14.1. The predicted octanol–water partition coefficient (Wildman–Crippen LogP) is 1.00. The van der Waals surface area contributed by atoms with Gasteiger partial charge in [0.25, 0.3) is 5.91 Å². The normalized spacial score (nSPS) is 16.6. The first-order valence-electron chi connectivity index (χ1n) is 7.62. The van der Waals surface area contributed by atoms with Gasteiger partial charge in [0.1, 0.15) is 11.4 Å². The molecule has 3 amide bonds. The number of thioether (sulfide) groups is 1. The number of carbonyl (C=O) groups is 3. The molecule has 3 N–H and O–H groups in total. The smallest absolute Gasteiger partial charge is 0.387 e. The number of ether oxygens (including phenoxy) is 1. The average Bonchev–Trinajstić information content (AvgIpc) is 3.16. The van der Waals surface area contributed by atoms with Gasteiger partial charge in [0.2, 0.25) is 11.8 Å². The Morgan fingerprint density at radius 1 is 1.36 bits per heavy atom. The lowest BCUT2D eigenvalue weighted by molar-refractivity contribution is -0.139. The zero-order chi connectivity index (χ0) is 20.3. The van der Waals surface area contributed by atoms with Crippen molar-refractivity contribution in [3.05, 3.63) is 24.4 Å². The van der Waals surface area contributed by atoms with Gasteiger partial charge in [0, 0.05) is 5.56 Å². The Morgan fingerprint density at radius 3 is 2.75 bits per heavy atom. The van der Waals surface area contributed by atoms with Gasteiger partial charge < -0.3 is 15.4 Å². The van der Waals surface area contributed by atoms with Crippen LogP contribution in [0.4, 0.5) is 14.5 Å². The number of H-pyrrole nitrogens is 1. The fourth-order valence-electron chi connectivity index (χ4n) is 2.33. The van der Waals surface area contributed by atoms with E-state index in [-0.39, 0.29) is 16.6 Å². The second kappa shape index (κ2) is 8.12. The monoisotopic (exact) mass is 410 g/mol. The first-order valence-corrected chi connectivity index (χ1v) is 8.84. The highest BCUT2D eigenvalue weighted by Gasteiger charge is 2.38. The summed E-state index contributed by atoms with van der Waals surface area (Å²) in [6.45, 7) is -3.17. The van der Waals surface area contributed by atoms with Crippen molar-refractivity contribution in [3.63, 3.8) is 0 Å². The molecule has 1 aliphatic rings. The minimum absolute atomic E-state index is 0.0673. The molecular weight excluding hydrogens is 398 g/mol. The van der Waals surface area contributed by atoms with Gasteiger partial charge >= 0.3 is 6.61 Å². The maximum absolute atomic E-state index is 12.8. The molecule has 3 rings (SSSR count). The maximum Gasteiger partial charge on any atom is 0.387 e. The molecule has 146 valence electrons. The van der Waals surface area contributed by atoms with Crippen molar-refractivity contribution in [1.29, 1.82) is 0 Å². The molecule has 1 atom stereocenters. The van der Waals surface area contributed by atoms with E-state index in [0.29, 0.717) is 11.3 Å². The third-order valence-electron chi connectivity index (χ3n) is 3.57. The molecule has 13 heteroatoms. The van der Waals surface area contributed by atoms with Gasteiger partial charge in [0.15, 0.2) is 11.1 Å². The van der Waals surface area contributed by atoms with Crippen molar-refractivity contribution in [1.82, 2.24) is 20.7 Å². The van der Waals surface area contributed by atoms with Gasteiger partial charge in [-0.05, 0) is 18.4 Å². The van der Waals surface area contributed by atoms with E-state index in [1.54, 1.807) is 6.26 Å². The summed E-state index contributed by atoms with van der Waals surface area (Å²) >= 11 is 1.03. The number of aliphatic imine (C=N–C) groups is 1. The summed E-state index contributed by atoms with van der Waals surface area (Å²) in [6.07, 6.45) is 2.96. The van der Waals surface area contributed by atoms with Crippen molar-refractivity contribution in [2.75, 3.05) is 11.6 Å². The number of aromatic amines is 1. The molecular formula is C15H12F2N6O4S. The van der Waals surface area contributed by atoms with E-state index in [4.69, 9.17) is 0 Å². The van der Waals surface area contributed by atoms with Gasteiger partial charge in [-0.3, -0.25) is 14.4 Å². The van der Waals surface area contributed by atoms with E-state index in [1.807, 2.05) is 0 Å². The van der Waals surface area contributed by atoms with Crippen LogP contribution in [0.3, 0.4) is 0 Å². The number of amides is 3. The molecule has 0 saturated carbocycles. The van der Waals surface area contributed by atoms with E-state index < -0.39 is 30.3 Å². The first-order chi connectivity index (χ1) is 13.4. The van der Waals surface area contributed by atoms with Gasteiger partial charge in [0.05, 0.1) is 11.9 Å². The lowest BCUT2D eigenvalue weighted by Crippen LogP contribution is -2.48. The molecule has 0 aliphatic carbocycles. The number of hydrogen-bond acceptors (Lipinski definition) is 7. The molecule has 1 aromatic carbocycles. The van der Waals surface area contributed by atoms with Crippen LogP contribution in [0.15, 0.2) is 29.4 Å². The van der Waals surface area contributed by atoms with Crippen LogP contribution in [-0.2, 0) is 14.4 Å². The maximum atomic E-state index is 12.8. The number of aromatic nitrogens is 3. The third kappa shape index (κ3) is 4.14. The SMILES string of the molecule is CSC1=NC(=O)C(C(=O)Nc2ccc(-c3cn[nH]n3)cc2OC(F)F)C(=O)N1. The first kappa shape index (κ1) is 19.4. The summed E-state index contributed by atoms with van der Waals surface area (Å²) in [4.78, 5) is 40.0. The third-order valence-corrected chi connectivity index (χ3v) is 4.15. The molecule has 10 nitrogen and oxygen atoms in total. The van der Waals surface area contributed by atoms with Crippen LogP contribution in [0.5, 0.6) is 5.75 Å². The number of halogens is 2. The van der Waals surface area contributed by atoms with Crippen molar-refractivity contribution >= 4 is 40.3 Å². The molecule has 0 bridgehead atoms. The number of alkyl halides is 2. The van der Waals surface area contributed by atoms with Crippen LogP contribution >= 0.6 is 11.8 Å². The van der Waals surface area contributed by atoms with Crippen molar-refractivity contribution < 1.29 is 27.9 Å². The minimum atomic E-state index is -3.17. The molecule has 1 aromatic heterocycles. The summed E-state index contributed by atoms with van der Waals surface area (Å²) < 4.78 is 30.0. The average molecular weight is 410 g/mol. The van der Waals surface area contributed by atoms with Crippen LogP contribution < -0.4 is 15.4 Å². The zero-order valence-corrected chi connectivity index (χ0v) is 14.9. The lowest BCUT2D eigenvalue weighted by atomic mass is 10.1. The highest BCUT2D eigenvalue weighted by atomic mass is 32.2. The van der Waals surface area contributed by atoms with Crippen LogP contribution in [0, 0.1) is 5.92 Å². The highest BCUT2D eigenvalue weighted by Crippen LogP contribution is 2.31. The summed E-state index contributed by atoms with van der Waals surface area (Å²) in [5.74, 6) is -4.97. The number of hydrogen-bond donors (Lipinski definition) is 3. The number of rotatable bonds is 5. The summed E-state index contributed by atoms with van der Waals surface area (Å²) in [7, 11) is 0. The Hall–Kier alpha value is -3.35. The predicted molar refractivity (Wildman–Crippen MR) is 94.7 cm³/mol. The molecule has 2 heterocycles. The van der Waals surface area contributed by atoms with E-state index in [2.05, 4.69) is 35.8 Å². The summed E-state index contributed by atoms with van der Waals surface area (Å²) in [5.41, 5.74) is 0.596.